The molecule has 0 saturated heterocycles. The van der Waals surface area contributed by atoms with Crippen LogP contribution in [0.25, 0.3) is 28.2 Å². The number of allylic oxidation sites excluding steroid dienone is 2. The molecule has 3 aliphatic rings. The summed E-state index contributed by atoms with van der Waals surface area (Å²) in [5.41, 5.74) is 12.4. The molecule has 3 N–H and O–H groups in total. The predicted octanol–water partition coefficient (Wildman–Crippen LogP) is 5.96. The highest BCUT2D eigenvalue weighted by Crippen LogP contribution is 2.45. The number of hydrogen-bond donors (Lipinski definition) is 2. The molecular weight excluding hydrogens is 486 g/mol. The number of pyridine rings is 1. The molecule has 2 atom stereocenters. The standard InChI is InChI=1S/C32H31N5O2/c1-38-23-17-21(18-24(19-23)39-2)28-29(20-10-12-22(13-11-20)32(33)14-6-15-32)37-27-9-5-16-34-30(27)35-26-8-4-3-7-25(26)31(37)36-28/h3-5,7-13,16-19,25-26H,6,14-15,33H2,1-2H3,(H,34,35). The molecule has 0 amide bonds. The van der Waals surface area contributed by atoms with Crippen LogP contribution in [0.4, 0.5) is 5.82 Å². The minimum absolute atomic E-state index is 0.0192. The van der Waals surface area contributed by atoms with Crippen LogP contribution in [0.15, 0.2) is 85.1 Å². The molecule has 2 aromatic carbocycles. The van der Waals surface area contributed by atoms with Crippen LogP contribution in [0.3, 0.4) is 0 Å². The molecule has 0 spiro atoms. The summed E-state index contributed by atoms with van der Waals surface area (Å²) >= 11 is 0. The molecule has 1 fully saturated rings. The maximum Gasteiger partial charge on any atom is 0.150 e. The van der Waals surface area contributed by atoms with Gasteiger partial charge in [0.1, 0.15) is 17.3 Å². The van der Waals surface area contributed by atoms with Gasteiger partial charge in [0.2, 0.25) is 0 Å². The van der Waals surface area contributed by atoms with E-state index in [-0.39, 0.29) is 17.5 Å². The Balaban J connectivity index is 1.51. The van der Waals surface area contributed by atoms with Crippen molar-refractivity contribution >= 4 is 5.82 Å². The van der Waals surface area contributed by atoms with E-state index in [1.807, 2.05) is 30.5 Å². The van der Waals surface area contributed by atoms with Gasteiger partial charge in [0.05, 0.1) is 43.3 Å². The van der Waals surface area contributed by atoms with Crippen LogP contribution in [0.5, 0.6) is 11.5 Å². The van der Waals surface area contributed by atoms with Gasteiger partial charge in [-0.05, 0) is 49.1 Å². The lowest BCUT2D eigenvalue weighted by atomic mass is 9.72. The molecule has 1 aliphatic heterocycles. The molecule has 4 aromatic rings. The molecule has 7 heteroatoms. The highest BCUT2D eigenvalue weighted by Gasteiger charge is 2.36. The number of imidazole rings is 1. The molecule has 0 bridgehead atoms. The van der Waals surface area contributed by atoms with E-state index < -0.39 is 0 Å². The summed E-state index contributed by atoms with van der Waals surface area (Å²) in [4.78, 5) is 10.1. The van der Waals surface area contributed by atoms with E-state index in [2.05, 4.69) is 64.5 Å². The van der Waals surface area contributed by atoms with Crippen molar-refractivity contribution in [2.75, 3.05) is 19.5 Å². The van der Waals surface area contributed by atoms with Crippen LogP contribution in [0, 0.1) is 0 Å². The first-order valence-electron chi connectivity index (χ1n) is 13.4. The summed E-state index contributed by atoms with van der Waals surface area (Å²) in [5.74, 6) is 3.22. The lowest BCUT2D eigenvalue weighted by molar-refractivity contribution is 0.253. The zero-order chi connectivity index (χ0) is 26.6. The van der Waals surface area contributed by atoms with E-state index in [9.17, 15) is 0 Å². The number of nitrogens with one attached hydrogen (secondary N) is 1. The van der Waals surface area contributed by atoms with Gasteiger partial charge in [0.15, 0.2) is 5.82 Å². The van der Waals surface area contributed by atoms with Crippen LogP contribution in [0.2, 0.25) is 0 Å². The molecule has 196 valence electrons. The second kappa shape index (κ2) is 9.13. The fraction of sp³-hybridized carbons (Fsp3) is 0.250. The van der Waals surface area contributed by atoms with Gasteiger partial charge < -0.3 is 20.5 Å². The minimum Gasteiger partial charge on any atom is -0.497 e. The van der Waals surface area contributed by atoms with Gasteiger partial charge in [-0.3, -0.25) is 4.57 Å². The maximum absolute atomic E-state index is 6.67. The molecule has 2 aliphatic carbocycles. The fourth-order valence-corrected chi connectivity index (χ4v) is 5.96. The van der Waals surface area contributed by atoms with Crippen LogP contribution >= 0.6 is 0 Å². The second-order valence-corrected chi connectivity index (χ2v) is 10.5. The monoisotopic (exact) mass is 517 g/mol. The topological polar surface area (TPSA) is 87.2 Å². The Morgan fingerprint density at radius 2 is 1.69 bits per heavy atom. The molecule has 1 saturated carbocycles. The molecule has 39 heavy (non-hydrogen) atoms. The van der Waals surface area contributed by atoms with Crippen molar-refractivity contribution in [1.82, 2.24) is 14.5 Å². The van der Waals surface area contributed by atoms with E-state index in [4.69, 9.17) is 25.2 Å². The molecule has 3 heterocycles. The Labute approximate surface area is 228 Å². The van der Waals surface area contributed by atoms with Gasteiger partial charge >= 0.3 is 0 Å². The Hall–Kier alpha value is -4.36. The molecule has 7 nitrogen and oxygen atoms in total. The van der Waals surface area contributed by atoms with Crippen LogP contribution in [0.1, 0.15) is 36.6 Å². The number of methoxy groups -OCH3 is 2. The number of rotatable bonds is 5. The van der Waals surface area contributed by atoms with E-state index in [0.29, 0.717) is 11.5 Å². The highest BCUT2D eigenvalue weighted by molar-refractivity contribution is 5.83. The average molecular weight is 518 g/mol. The first kappa shape index (κ1) is 23.7. The quantitative estimate of drug-likeness (QED) is 0.340. The third kappa shape index (κ3) is 3.84. The summed E-state index contributed by atoms with van der Waals surface area (Å²) in [6.45, 7) is 0. The molecule has 0 radical (unpaired) electrons. The van der Waals surface area contributed by atoms with Crippen LogP contribution in [-0.2, 0) is 5.54 Å². The fourth-order valence-electron chi connectivity index (χ4n) is 5.96. The summed E-state index contributed by atoms with van der Waals surface area (Å²) in [6, 6.07) is 18.7. The van der Waals surface area contributed by atoms with E-state index in [1.165, 1.54) is 12.0 Å². The van der Waals surface area contributed by atoms with Gasteiger partial charge in [-0.25, -0.2) is 9.97 Å². The third-order valence-corrected chi connectivity index (χ3v) is 8.27. The summed E-state index contributed by atoms with van der Waals surface area (Å²) in [7, 11) is 3.34. The second-order valence-electron chi connectivity index (χ2n) is 10.5. The first-order chi connectivity index (χ1) is 19.1. The van der Waals surface area contributed by atoms with Gasteiger partial charge in [0, 0.05) is 28.9 Å². The number of nitrogens with two attached hydrogens (primary N) is 1. The van der Waals surface area contributed by atoms with E-state index >= 15 is 0 Å². The van der Waals surface area contributed by atoms with Crippen LogP contribution < -0.4 is 20.5 Å². The van der Waals surface area contributed by atoms with Crippen molar-refractivity contribution in [2.24, 2.45) is 5.73 Å². The summed E-state index contributed by atoms with van der Waals surface area (Å²) in [6.07, 6.45) is 13.6. The third-order valence-electron chi connectivity index (χ3n) is 8.27. The van der Waals surface area contributed by atoms with Gasteiger partial charge in [0.25, 0.3) is 0 Å². The summed E-state index contributed by atoms with van der Waals surface area (Å²) < 4.78 is 13.5. The van der Waals surface area contributed by atoms with Crippen LogP contribution in [-0.4, -0.2) is 34.8 Å². The molecular formula is C32H31N5O2. The molecule has 7 rings (SSSR count). The first-order valence-corrected chi connectivity index (χ1v) is 13.4. The van der Waals surface area contributed by atoms with Crippen molar-refractivity contribution < 1.29 is 9.47 Å². The normalized spacial score (nSPS) is 20.1. The van der Waals surface area contributed by atoms with Crippen molar-refractivity contribution in [2.45, 2.75) is 36.8 Å². The number of fused-ring (bicyclic) bond motifs is 5. The number of nitrogens with zero attached hydrogens (tertiary/aromatic N) is 3. The van der Waals surface area contributed by atoms with E-state index in [0.717, 1.165) is 52.7 Å². The highest BCUT2D eigenvalue weighted by atomic mass is 16.5. The predicted molar refractivity (Wildman–Crippen MR) is 153 cm³/mol. The average Bonchev–Trinajstić information content (AvgIpc) is 3.30. The lowest BCUT2D eigenvalue weighted by Gasteiger charge is -2.38. The summed E-state index contributed by atoms with van der Waals surface area (Å²) in [5, 5.41) is 3.65. The minimum atomic E-state index is -0.220. The SMILES string of the molecule is COc1cc(OC)cc(-c2nc3n(c2-c2ccc(C4(N)CCC4)cc2)-c2cccnc2NC2C=CC=CC32)c1. The van der Waals surface area contributed by atoms with Gasteiger partial charge in [-0.2, -0.15) is 0 Å². The maximum atomic E-state index is 6.67. The lowest BCUT2D eigenvalue weighted by Crippen LogP contribution is -2.43. The Morgan fingerprint density at radius 1 is 0.949 bits per heavy atom. The number of benzene rings is 2. The largest absolute Gasteiger partial charge is 0.497 e. The number of hydrogen-bond acceptors (Lipinski definition) is 6. The zero-order valence-electron chi connectivity index (χ0n) is 22.1. The van der Waals surface area contributed by atoms with E-state index in [1.54, 1.807) is 14.2 Å². The smallest absolute Gasteiger partial charge is 0.150 e. The molecule has 2 unspecified atom stereocenters. The Kier molecular flexibility index (Phi) is 5.56. The van der Waals surface area contributed by atoms with Crippen molar-refractivity contribution in [3.05, 3.63) is 96.5 Å². The van der Waals surface area contributed by atoms with Crippen molar-refractivity contribution in [1.29, 1.82) is 0 Å². The van der Waals surface area contributed by atoms with Crippen molar-refractivity contribution in [3.8, 4) is 39.7 Å². The van der Waals surface area contributed by atoms with Gasteiger partial charge in [-0.1, -0.05) is 48.6 Å². The zero-order valence-corrected chi connectivity index (χ0v) is 22.1. The van der Waals surface area contributed by atoms with Gasteiger partial charge in [-0.15, -0.1) is 0 Å². The van der Waals surface area contributed by atoms with Crippen molar-refractivity contribution in [3.63, 3.8) is 0 Å². The Bertz CT molecular complexity index is 1590. The number of anilines is 1. The Morgan fingerprint density at radius 3 is 2.38 bits per heavy atom. The molecule has 2 aromatic heterocycles. The number of ether oxygens (including phenoxy) is 2. The number of aromatic nitrogens is 3.